The van der Waals surface area contributed by atoms with E-state index in [1.807, 2.05) is 60.7 Å². The molecule has 0 amide bonds. The van der Waals surface area contributed by atoms with Crippen LogP contribution in [0.4, 0.5) is 4.39 Å². The second-order valence-corrected chi connectivity index (χ2v) is 8.00. The minimum Gasteiger partial charge on any atom is -0.457 e. The van der Waals surface area contributed by atoms with E-state index in [9.17, 15) is 4.39 Å². The Morgan fingerprint density at radius 2 is 1.59 bits per heavy atom. The lowest BCUT2D eigenvalue weighted by Crippen LogP contribution is -2.24. The molecule has 3 rings (SSSR count). The van der Waals surface area contributed by atoms with Crippen LogP contribution in [0.15, 0.2) is 77.3 Å². The summed E-state index contributed by atoms with van der Waals surface area (Å²) >= 11 is 3.42. The summed E-state index contributed by atoms with van der Waals surface area (Å²) in [5.41, 5.74) is 1.90. The summed E-state index contributed by atoms with van der Waals surface area (Å²) in [6, 6.07) is 22.2. The summed E-state index contributed by atoms with van der Waals surface area (Å²) in [4.78, 5) is 0. The molecular weight excluding hydrogens is 407 g/mol. The van der Waals surface area contributed by atoms with Gasteiger partial charge < -0.3 is 9.47 Å². The van der Waals surface area contributed by atoms with Crippen molar-refractivity contribution in [2.75, 3.05) is 6.61 Å². The van der Waals surface area contributed by atoms with Crippen molar-refractivity contribution in [3.8, 4) is 11.5 Å². The van der Waals surface area contributed by atoms with Crippen LogP contribution in [0.25, 0.3) is 0 Å². The molecule has 140 valence electrons. The van der Waals surface area contributed by atoms with Crippen molar-refractivity contribution >= 4 is 15.9 Å². The van der Waals surface area contributed by atoms with Crippen LogP contribution in [-0.4, -0.2) is 6.61 Å². The smallest absolute Gasteiger partial charge is 0.127 e. The third-order valence-corrected chi connectivity index (χ3v) is 4.83. The van der Waals surface area contributed by atoms with Crippen molar-refractivity contribution in [2.45, 2.75) is 25.9 Å². The van der Waals surface area contributed by atoms with Crippen LogP contribution >= 0.6 is 15.9 Å². The molecule has 0 unspecified atom stereocenters. The fourth-order valence-electron chi connectivity index (χ4n) is 2.75. The highest BCUT2D eigenvalue weighted by atomic mass is 79.9. The van der Waals surface area contributed by atoms with Gasteiger partial charge in [-0.3, -0.25) is 0 Å². The van der Waals surface area contributed by atoms with E-state index in [0.29, 0.717) is 13.2 Å². The largest absolute Gasteiger partial charge is 0.457 e. The van der Waals surface area contributed by atoms with Crippen molar-refractivity contribution < 1.29 is 13.9 Å². The molecule has 4 heteroatoms. The molecule has 0 saturated carbocycles. The van der Waals surface area contributed by atoms with Crippen LogP contribution in [0.1, 0.15) is 25.0 Å². The summed E-state index contributed by atoms with van der Waals surface area (Å²) in [5.74, 6) is 1.34. The minimum atomic E-state index is -0.224. The van der Waals surface area contributed by atoms with Crippen molar-refractivity contribution in [3.05, 3.63) is 94.2 Å². The number of benzene rings is 3. The zero-order chi connectivity index (χ0) is 19.3. The zero-order valence-corrected chi connectivity index (χ0v) is 17.0. The molecule has 2 nitrogen and oxygen atoms in total. The van der Waals surface area contributed by atoms with Crippen LogP contribution in [0.3, 0.4) is 0 Å². The second-order valence-electron chi connectivity index (χ2n) is 7.09. The topological polar surface area (TPSA) is 18.5 Å². The predicted molar refractivity (Wildman–Crippen MR) is 110 cm³/mol. The molecule has 0 aliphatic heterocycles. The van der Waals surface area contributed by atoms with E-state index >= 15 is 0 Å². The molecule has 3 aromatic carbocycles. The summed E-state index contributed by atoms with van der Waals surface area (Å²) in [5, 5.41) is 0. The average molecular weight is 429 g/mol. The van der Waals surface area contributed by atoms with Crippen LogP contribution in [0.5, 0.6) is 11.5 Å². The molecule has 0 heterocycles. The summed E-state index contributed by atoms with van der Waals surface area (Å²) in [6.07, 6.45) is 0. The van der Waals surface area contributed by atoms with Crippen LogP contribution < -0.4 is 4.74 Å². The number of halogens is 2. The lowest BCUT2D eigenvalue weighted by Gasteiger charge is -2.25. The predicted octanol–water partition coefficient (Wildman–Crippen LogP) is 6.87. The molecule has 0 spiro atoms. The first-order chi connectivity index (χ1) is 12.9. The van der Waals surface area contributed by atoms with E-state index in [4.69, 9.17) is 9.47 Å². The quantitative estimate of drug-likeness (QED) is 0.408. The van der Waals surface area contributed by atoms with Gasteiger partial charge in [0, 0.05) is 9.89 Å². The van der Waals surface area contributed by atoms with Gasteiger partial charge in [-0.25, -0.2) is 4.39 Å². The van der Waals surface area contributed by atoms with Crippen LogP contribution in [0, 0.1) is 5.82 Å². The molecule has 0 aliphatic carbocycles. The molecule has 0 bridgehead atoms. The first-order valence-electron chi connectivity index (χ1n) is 8.78. The Morgan fingerprint density at radius 1 is 0.889 bits per heavy atom. The third-order valence-electron chi connectivity index (χ3n) is 4.31. The maximum atomic E-state index is 13.1. The van der Waals surface area contributed by atoms with E-state index < -0.39 is 0 Å². The molecule has 0 radical (unpaired) electrons. The molecule has 0 aliphatic rings. The maximum Gasteiger partial charge on any atom is 0.127 e. The zero-order valence-electron chi connectivity index (χ0n) is 15.4. The Morgan fingerprint density at radius 3 is 2.30 bits per heavy atom. The summed E-state index contributed by atoms with van der Waals surface area (Å²) < 4.78 is 26.0. The van der Waals surface area contributed by atoms with Gasteiger partial charge in [0.25, 0.3) is 0 Å². The van der Waals surface area contributed by atoms with Gasteiger partial charge in [-0.2, -0.15) is 0 Å². The fourth-order valence-corrected chi connectivity index (χ4v) is 3.01. The number of hydrogen-bond acceptors (Lipinski definition) is 2. The standard InChI is InChI=1S/C23H22BrFO2/c1-23(2,18-6-10-20(25)11-7-18)16-26-15-17-4-3-5-22(14-17)27-21-12-8-19(24)9-13-21/h3-14H,15-16H2,1-2H3. The molecule has 3 aromatic rings. The molecule has 0 atom stereocenters. The van der Waals surface area contributed by atoms with Gasteiger partial charge in [0.15, 0.2) is 0 Å². The highest BCUT2D eigenvalue weighted by Crippen LogP contribution is 2.26. The van der Waals surface area contributed by atoms with E-state index in [-0.39, 0.29) is 11.2 Å². The van der Waals surface area contributed by atoms with E-state index in [0.717, 1.165) is 27.1 Å². The van der Waals surface area contributed by atoms with Crippen LogP contribution in [-0.2, 0) is 16.8 Å². The molecule has 27 heavy (non-hydrogen) atoms. The number of ether oxygens (including phenoxy) is 2. The molecular formula is C23H22BrFO2. The lowest BCUT2D eigenvalue weighted by molar-refractivity contribution is 0.0824. The first kappa shape index (κ1) is 19.6. The van der Waals surface area contributed by atoms with Gasteiger partial charge in [0.1, 0.15) is 17.3 Å². The van der Waals surface area contributed by atoms with Crippen molar-refractivity contribution in [3.63, 3.8) is 0 Å². The second kappa shape index (κ2) is 8.68. The SMILES string of the molecule is CC(C)(COCc1cccc(Oc2ccc(Br)cc2)c1)c1ccc(F)cc1. The Bertz CT molecular complexity index is 874. The Kier molecular flexibility index (Phi) is 6.30. The first-order valence-corrected chi connectivity index (χ1v) is 9.58. The van der Waals surface area contributed by atoms with E-state index in [2.05, 4.69) is 29.8 Å². The Hall–Kier alpha value is -2.17. The van der Waals surface area contributed by atoms with E-state index in [1.165, 1.54) is 12.1 Å². The van der Waals surface area contributed by atoms with Gasteiger partial charge in [0.2, 0.25) is 0 Å². The molecule has 0 aromatic heterocycles. The van der Waals surface area contributed by atoms with Crippen LogP contribution in [0.2, 0.25) is 0 Å². The van der Waals surface area contributed by atoms with Crippen molar-refractivity contribution in [1.29, 1.82) is 0 Å². The number of hydrogen-bond donors (Lipinski definition) is 0. The third kappa shape index (κ3) is 5.65. The van der Waals surface area contributed by atoms with Gasteiger partial charge in [-0.1, -0.05) is 54.0 Å². The Balaban J connectivity index is 1.58. The van der Waals surface area contributed by atoms with Gasteiger partial charge in [-0.05, 0) is 59.7 Å². The van der Waals surface area contributed by atoms with Gasteiger partial charge in [0.05, 0.1) is 13.2 Å². The lowest BCUT2D eigenvalue weighted by atomic mass is 9.85. The summed E-state index contributed by atoms with van der Waals surface area (Å²) in [7, 11) is 0. The molecule has 0 fully saturated rings. The van der Waals surface area contributed by atoms with Crippen molar-refractivity contribution in [1.82, 2.24) is 0 Å². The van der Waals surface area contributed by atoms with E-state index in [1.54, 1.807) is 0 Å². The highest BCUT2D eigenvalue weighted by Gasteiger charge is 2.21. The monoisotopic (exact) mass is 428 g/mol. The summed E-state index contributed by atoms with van der Waals surface area (Å²) in [6.45, 7) is 5.21. The van der Waals surface area contributed by atoms with Gasteiger partial charge in [-0.15, -0.1) is 0 Å². The average Bonchev–Trinajstić information content (AvgIpc) is 2.64. The Labute approximate surface area is 168 Å². The fraction of sp³-hybridized carbons (Fsp3) is 0.217. The number of rotatable bonds is 7. The molecule has 0 saturated heterocycles. The van der Waals surface area contributed by atoms with Gasteiger partial charge >= 0.3 is 0 Å². The normalized spacial score (nSPS) is 11.4. The van der Waals surface area contributed by atoms with Crippen molar-refractivity contribution in [2.24, 2.45) is 0 Å². The maximum absolute atomic E-state index is 13.1. The molecule has 0 N–H and O–H groups in total. The highest BCUT2D eigenvalue weighted by molar-refractivity contribution is 9.10. The minimum absolute atomic E-state index is 0.195.